The van der Waals surface area contributed by atoms with Crippen molar-refractivity contribution in [2.75, 3.05) is 11.5 Å². The Balaban J connectivity index is 1.64. The molecule has 196 valence electrons. The minimum absolute atomic E-state index is 0.00103. The number of rotatable bonds is 7. The number of hydrogen-bond acceptors (Lipinski definition) is 7. The van der Waals surface area contributed by atoms with Crippen molar-refractivity contribution in [3.8, 4) is 17.2 Å². The molecule has 0 aliphatic carbocycles. The van der Waals surface area contributed by atoms with Crippen LogP contribution < -0.4 is 14.4 Å². The number of halogens is 4. The number of ether oxygens (including phenoxy) is 2. The lowest BCUT2D eigenvalue weighted by atomic mass is 10.1. The summed E-state index contributed by atoms with van der Waals surface area (Å²) in [5.74, 6) is -0.858. The van der Waals surface area contributed by atoms with E-state index in [1.54, 1.807) is 25.1 Å². The fraction of sp³-hybridized carbons (Fsp3) is 0.120. The summed E-state index contributed by atoms with van der Waals surface area (Å²) in [6.45, 7) is 1.84. The smallest absolute Gasteiger partial charge is 0.416 e. The normalized spacial score (nSPS) is 14.8. The first-order valence-corrected chi connectivity index (χ1v) is 12.0. The van der Waals surface area contributed by atoms with Crippen molar-refractivity contribution in [3.63, 3.8) is 0 Å². The third-order valence-corrected chi connectivity index (χ3v) is 6.23. The molecular formula is C25H16ClF3N2O6S. The summed E-state index contributed by atoms with van der Waals surface area (Å²) in [4.78, 5) is 37.0. The molecule has 0 bridgehead atoms. The van der Waals surface area contributed by atoms with Crippen LogP contribution >= 0.6 is 23.4 Å². The number of alkyl halides is 3. The van der Waals surface area contributed by atoms with Crippen LogP contribution in [-0.4, -0.2) is 22.7 Å². The lowest BCUT2D eigenvalue weighted by molar-refractivity contribution is -0.385. The third kappa shape index (κ3) is 5.76. The number of hydrogen-bond donors (Lipinski definition) is 0. The predicted molar refractivity (Wildman–Crippen MR) is 136 cm³/mol. The van der Waals surface area contributed by atoms with Gasteiger partial charge in [0.25, 0.3) is 11.1 Å². The van der Waals surface area contributed by atoms with Crippen LogP contribution in [0.1, 0.15) is 18.1 Å². The fourth-order valence-corrected chi connectivity index (χ4v) is 4.49. The van der Waals surface area contributed by atoms with E-state index in [2.05, 4.69) is 0 Å². The molecule has 0 aromatic heterocycles. The molecular weight excluding hydrogens is 549 g/mol. The Hall–Kier alpha value is -4.03. The molecule has 0 unspecified atom stereocenters. The van der Waals surface area contributed by atoms with Gasteiger partial charge < -0.3 is 9.47 Å². The zero-order valence-corrected chi connectivity index (χ0v) is 20.9. The SMILES string of the molecule is CCOc1cc(/C=C2\SC(=O)N(c3cccc(Cl)c3)C2=O)ccc1Oc1ccc(C(F)(F)F)cc1[N+](=O)[O-]. The second-order valence-corrected chi connectivity index (χ2v) is 9.11. The fourth-order valence-electron chi connectivity index (χ4n) is 3.47. The van der Waals surface area contributed by atoms with Gasteiger partial charge in [0.15, 0.2) is 11.5 Å². The topological polar surface area (TPSA) is 99.0 Å². The van der Waals surface area contributed by atoms with Crippen LogP contribution in [0, 0.1) is 10.1 Å². The van der Waals surface area contributed by atoms with E-state index in [0.29, 0.717) is 28.4 Å². The maximum Gasteiger partial charge on any atom is 0.416 e. The highest BCUT2D eigenvalue weighted by atomic mass is 35.5. The number of nitro benzene ring substituents is 1. The van der Waals surface area contributed by atoms with Crippen molar-refractivity contribution in [2.24, 2.45) is 0 Å². The monoisotopic (exact) mass is 564 g/mol. The molecule has 1 aliphatic heterocycles. The number of carbonyl (C=O) groups is 2. The minimum Gasteiger partial charge on any atom is -0.490 e. The van der Waals surface area contributed by atoms with Crippen LogP contribution in [0.2, 0.25) is 5.02 Å². The first kappa shape index (κ1) is 27.0. The van der Waals surface area contributed by atoms with Gasteiger partial charge in [0.05, 0.1) is 27.7 Å². The Labute approximate surface area is 222 Å². The number of thioether (sulfide) groups is 1. The number of carbonyl (C=O) groups excluding carboxylic acids is 2. The zero-order valence-electron chi connectivity index (χ0n) is 19.3. The highest BCUT2D eigenvalue weighted by Crippen LogP contribution is 2.41. The van der Waals surface area contributed by atoms with Crippen molar-refractivity contribution in [1.82, 2.24) is 0 Å². The highest BCUT2D eigenvalue weighted by molar-refractivity contribution is 8.19. The van der Waals surface area contributed by atoms with E-state index in [1.165, 1.54) is 30.3 Å². The van der Waals surface area contributed by atoms with Gasteiger partial charge in [-0.15, -0.1) is 0 Å². The van der Waals surface area contributed by atoms with Gasteiger partial charge in [-0.05, 0) is 72.8 Å². The molecule has 1 saturated heterocycles. The van der Waals surface area contributed by atoms with E-state index < -0.39 is 39.2 Å². The zero-order chi connectivity index (χ0) is 27.6. The van der Waals surface area contributed by atoms with Gasteiger partial charge in [-0.2, -0.15) is 13.2 Å². The van der Waals surface area contributed by atoms with Crippen LogP contribution in [0.4, 0.5) is 29.3 Å². The molecule has 0 spiro atoms. The van der Waals surface area contributed by atoms with Crippen LogP contribution in [0.25, 0.3) is 6.08 Å². The summed E-state index contributed by atoms with van der Waals surface area (Å²) in [5, 5.41) is 11.2. The van der Waals surface area contributed by atoms with Crippen LogP contribution in [0.3, 0.4) is 0 Å². The Kier molecular flexibility index (Phi) is 7.65. The van der Waals surface area contributed by atoms with E-state index >= 15 is 0 Å². The number of imide groups is 1. The number of amides is 2. The number of nitrogens with zero attached hydrogens (tertiary/aromatic N) is 2. The highest BCUT2D eigenvalue weighted by Gasteiger charge is 2.36. The summed E-state index contributed by atoms with van der Waals surface area (Å²) < 4.78 is 50.2. The summed E-state index contributed by atoms with van der Waals surface area (Å²) in [5.41, 5.74) is -1.30. The second kappa shape index (κ2) is 10.8. The number of anilines is 1. The van der Waals surface area contributed by atoms with Gasteiger partial charge in [0.1, 0.15) is 0 Å². The van der Waals surface area contributed by atoms with Crippen LogP contribution in [0.5, 0.6) is 17.2 Å². The van der Waals surface area contributed by atoms with Crippen molar-refractivity contribution >= 4 is 52.0 Å². The van der Waals surface area contributed by atoms with Crippen LogP contribution in [0.15, 0.2) is 65.6 Å². The summed E-state index contributed by atoms with van der Waals surface area (Å²) in [6.07, 6.45) is -3.31. The quantitative estimate of drug-likeness (QED) is 0.165. The molecule has 1 aliphatic rings. The Morgan fingerprint density at radius 1 is 1.05 bits per heavy atom. The van der Waals surface area contributed by atoms with E-state index in [9.17, 15) is 32.9 Å². The molecule has 4 rings (SSSR count). The molecule has 0 radical (unpaired) electrons. The Morgan fingerprint density at radius 2 is 1.79 bits per heavy atom. The summed E-state index contributed by atoms with van der Waals surface area (Å²) in [6, 6.07) is 12.6. The van der Waals surface area contributed by atoms with Gasteiger partial charge >= 0.3 is 11.9 Å². The van der Waals surface area contributed by atoms with E-state index in [0.717, 1.165) is 22.7 Å². The Morgan fingerprint density at radius 3 is 2.45 bits per heavy atom. The lowest BCUT2D eigenvalue weighted by Crippen LogP contribution is -2.27. The van der Waals surface area contributed by atoms with Crippen molar-refractivity contribution < 1.29 is 37.2 Å². The van der Waals surface area contributed by atoms with Gasteiger partial charge in [-0.3, -0.25) is 19.7 Å². The predicted octanol–water partition coefficient (Wildman–Crippen LogP) is 7.70. The average Bonchev–Trinajstić information content (AvgIpc) is 3.12. The minimum atomic E-state index is -4.77. The van der Waals surface area contributed by atoms with Crippen molar-refractivity contribution in [2.45, 2.75) is 13.1 Å². The molecule has 1 fully saturated rings. The Bertz CT molecular complexity index is 1480. The molecule has 3 aromatic rings. The van der Waals surface area contributed by atoms with Gasteiger partial charge in [0.2, 0.25) is 5.75 Å². The number of nitro groups is 1. The van der Waals surface area contributed by atoms with Crippen molar-refractivity contribution in [3.05, 3.63) is 91.8 Å². The summed E-state index contributed by atoms with van der Waals surface area (Å²) >= 11 is 6.70. The van der Waals surface area contributed by atoms with Gasteiger partial charge in [-0.1, -0.05) is 23.7 Å². The maximum atomic E-state index is 13.0. The number of benzene rings is 3. The van der Waals surface area contributed by atoms with E-state index in [4.69, 9.17) is 21.1 Å². The van der Waals surface area contributed by atoms with E-state index in [-0.39, 0.29) is 23.0 Å². The first-order chi connectivity index (χ1) is 18.0. The first-order valence-electron chi connectivity index (χ1n) is 10.8. The van der Waals surface area contributed by atoms with Gasteiger partial charge in [-0.25, -0.2) is 4.90 Å². The molecule has 8 nitrogen and oxygen atoms in total. The van der Waals surface area contributed by atoms with E-state index in [1.807, 2.05) is 0 Å². The molecule has 3 aromatic carbocycles. The van der Waals surface area contributed by atoms with Gasteiger partial charge in [0, 0.05) is 11.1 Å². The van der Waals surface area contributed by atoms with Crippen LogP contribution in [-0.2, 0) is 11.0 Å². The third-order valence-electron chi connectivity index (χ3n) is 5.13. The van der Waals surface area contributed by atoms with Crippen molar-refractivity contribution in [1.29, 1.82) is 0 Å². The standard InChI is InChI=1S/C25H16ClF3N2O6S/c1-2-36-21-10-14(11-22-23(32)30(24(33)38-22)17-5-3-4-16(26)13-17)6-8-20(21)37-19-9-7-15(25(27,28)29)12-18(19)31(34)35/h3-13H,2H2,1H3/b22-11-. The average molecular weight is 565 g/mol. The maximum absolute atomic E-state index is 13.0. The molecule has 0 saturated carbocycles. The molecule has 0 N–H and O–H groups in total. The molecule has 13 heteroatoms. The second-order valence-electron chi connectivity index (χ2n) is 7.68. The lowest BCUT2D eigenvalue weighted by Gasteiger charge is -2.14. The molecule has 1 heterocycles. The largest absolute Gasteiger partial charge is 0.490 e. The molecule has 0 atom stereocenters. The summed E-state index contributed by atoms with van der Waals surface area (Å²) in [7, 11) is 0. The molecule has 2 amide bonds. The molecule has 38 heavy (non-hydrogen) atoms.